The number of hydrogen-bond acceptors (Lipinski definition) is 1. The van der Waals surface area contributed by atoms with Gasteiger partial charge in [0.15, 0.2) is 0 Å². The van der Waals surface area contributed by atoms with Gasteiger partial charge < -0.3 is 29.5 Å². The van der Waals surface area contributed by atoms with E-state index in [9.17, 15) is 0 Å². The molecule has 0 aliphatic rings. The van der Waals surface area contributed by atoms with Gasteiger partial charge in [-0.2, -0.15) is 0 Å². The molecule has 4 heavy (non-hydrogen) atoms. The first-order valence-electron chi connectivity index (χ1n) is 0. The normalized spacial score (nSPS) is 0. The standard InChI is InChI=1S/HI.2Li.H2O/h1H;;;1H2/q;2*+1;/p-2. The monoisotopic (exact) mass is 158 g/mol. The Morgan fingerprint density at radius 1 is 0.750 bits per heavy atom. The van der Waals surface area contributed by atoms with Crippen LogP contribution in [0.3, 0.4) is 0 Å². The zero-order chi connectivity index (χ0) is 0. The maximum atomic E-state index is 0. The molecular weight excluding hydrogens is 157 g/mol. The minimum Gasteiger partial charge on any atom is -1.00 e. The third kappa shape index (κ3) is 9.10. The molecule has 0 fully saturated rings. The van der Waals surface area contributed by atoms with E-state index in [-0.39, 0.29) is 67.2 Å². The van der Waals surface area contributed by atoms with Crippen LogP contribution in [0.2, 0.25) is 0 Å². The Hall–Kier alpha value is 1.88. The van der Waals surface area contributed by atoms with Gasteiger partial charge in [0.25, 0.3) is 0 Å². The maximum Gasteiger partial charge on any atom is 1.00 e. The van der Waals surface area contributed by atoms with E-state index in [0.29, 0.717) is 0 Å². The van der Waals surface area contributed by atoms with Crippen molar-refractivity contribution in [1.82, 2.24) is 0 Å². The Labute approximate surface area is 66.6 Å². The predicted molar refractivity (Wildman–Crippen MR) is 1.94 cm³/mol. The van der Waals surface area contributed by atoms with Crippen molar-refractivity contribution in [1.29, 1.82) is 0 Å². The van der Waals surface area contributed by atoms with Crippen LogP contribution in [0.4, 0.5) is 0 Å². The second-order valence-electron chi connectivity index (χ2n) is 0. The van der Waals surface area contributed by atoms with E-state index in [4.69, 9.17) is 0 Å². The van der Waals surface area contributed by atoms with Crippen LogP contribution in [0.5, 0.6) is 0 Å². The van der Waals surface area contributed by atoms with Crippen molar-refractivity contribution in [2.75, 3.05) is 0 Å². The summed E-state index contributed by atoms with van der Waals surface area (Å²) in [5, 5.41) is 0. The van der Waals surface area contributed by atoms with Crippen LogP contribution < -0.4 is 61.7 Å². The van der Waals surface area contributed by atoms with Gasteiger partial charge in [0.05, 0.1) is 0 Å². The summed E-state index contributed by atoms with van der Waals surface area (Å²) in [5.74, 6) is 0. The molecule has 0 aromatic carbocycles. The molecule has 0 aliphatic carbocycles. The minimum absolute atomic E-state index is 0. The third-order valence-electron chi connectivity index (χ3n) is 0. The number of halogens is 1. The van der Waals surface area contributed by atoms with Crippen molar-refractivity contribution in [3.8, 4) is 0 Å². The van der Waals surface area contributed by atoms with Crippen LogP contribution in [0.1, 0.15) is 0 Å². The summed E-state index contributed by atoms with van der Waals surface area (Å²) in [4.78, 5) is 0. The smallest absolute Gasteiger partial charge is 1.00 e. The van der Waals surface area contributed by atoms with Gasteiger partial charge in [-0.1, -0.05) is 0 Å². The average Bonchev–Trinajstić information content (AvgIpc) is 0. The van der Waals surface area contributed by atoms with Crippen LogP contribution in [-0.4, -0.2) is 5.48 Å². The Kier molecular flexibility index (Phi) is 205. The first kappa shape index (κ1) is 39.5. The molecular formula is HILi2O. The fourth-order valence-corrected chi connectivity index (χ4v) is 0. The Morgan fingerprint density at radius 2 is 0.750 bits per heavy atom. The van der Waals surface area contributed by atoms with Crippen molar-refractivity contribution < 1.29 is 67.2 Å². The van der Waals surface area contributed by atoms with E-state index in [1.807, 2.05) is 0 Å². The van der Waals surface area contributed by atoms with Gasteiger partial charge in [-0.25, -0.2) is 0 Å². The van der Waals surface area contributed by atoms with E-state index in [1.165, 1.54) is 0 Å². The summed E-state index contributed by atoms with van der Waals surface area (Å²) in [6.45, 7) is 0. The van der Waals surface area contributed by atoms with Gasteiger partial charge >= 0.3 is 37.7 Å². The molecule has 0 unspecified atom stereocenters. The minimum atomic E-state index is 0. The van der Waals surface area contributed by atoms with Crippen LogP contribution in [-0.2, 0) is 0 Å². The Morgan fingerprint density at radius 3 is 0.750 bits per heavy atom. The zero-order valence-electron chi connectivity index (χ0n) is 2.83. The van der Waals surface area contributed by atoms with Gasteiger partial charge in [0, 0.05) is 0 Å². The molecule has 0 atom stereocenters. The molecule has 0 bridgehead atoms. The quantitative estimate of drug-likeness (QED) is 0.254. The second kappa shape index (κ2) is 20.8. The van der Waals surface area contributed by atoms with E-state index in [1.54, 1.807) is 0 Å². The molecule has 0 heterocycles. The van der Waals surface area contributed by atoms with E-state index < -0.39 is 0 Å². The van der Waals surface area contributed by atoms with E-state index in [0.717, 1.165) is 0 Å². The van der Waals surface area contributed by atoms with Crippen molar-refractivity contribution in [3.63, 3.8) is 0 Å². The molecule has 0 amide bonds. The summed E-state index contributed by atoms with van der Waals surface area (Å²) in [5.41, 5.74) is 0. The van der Waals surface area contributed by atoms with Gasteiger partial charge in [0.2, 0.25) is 0 Å². The molecule has 4 heteroatoms. The molecule has 0 aromatic heterocycles. The molecule has 0 radical (unpaired) electrons. The maximum absolute atomic E-state index is 0. The average molecular weight is 158 g/mol. The number of rotatable bonds is 0. The molecule has 0 spiro atoms. The van der Waals surface area contributed by atoms with Crippen molar-refractivity contribution in [2.45, 2.75) is 0 Å². The summed E-state index contributed by atoms with van der Waals surface area (Å²) in [7, 11) is 0. The fraction of sp³-hybridized carbons (Fsp3) is 0. The largest absolute Gasteiger partial charge is 1.00 e. The van der Waals surface area contributed by atoms with Gasteiger partial charge in [-0.15, -0.1) is 0 Å². The Bertz CT molecular complexity index is 6.00. The fourth-order valence-electron chi connectivity index (χ4n) is 0. The second-order valence-corrected chi connectivity index (χ2v) is 0. The van der Waals surface area contributed by atoms with Gasteiger partial charge in [-0.05, 0) is 0 Å². The summed E-state index contributed by atoms with van der Waals surface area (Å²) >= 11 is 0. The summed E-state index contributed by atoms with van der Waals surface area (Å²) < 4.78 is 0. The van der Waals surface area contributed by atoms with Gasteiger partial charge in [0.1, 0.15) is 0 Å². The SMILES string of the molecule is [I-].[Li+].[Li+].[OH-]. The topological polar surface area (TPSA) is 30.0 Å². The zero-order valence-corrected chi connectivity index (χ0v) is 4.98. The molecule has 0 rings (SSSR count). The number of hydrogen-bond donors (Lipinski definition) is 0. The van der Waals surface area contributed by atoms with E-state index in [2.05, 4.69) is 0 Å². The van der Waals surface area contributed by atoms with E-state index >= 15 is 0 Å². The van der Waals surface area contributed by atoms with Crippen molar-refractivity contribution in [2.24, 2.45) is 0 Å². The van der Waals surface area contributed by atoms with Crippen LogP contribution in [0.15, 0.2) is 0 Å². The molecule has 16 valence electrons. The molecule has 1 nitrogen and oxygen atoms in total. The molecule has 0 aliphatic heterocycles. The summed E-state index contributed by atoms with van der Waals surface area (Å²) in [6, 6.07) is 0. The molecule has 0 aromatic rings. The summed E-state index contributed by atoms with van der Waals surface area (Å²) in [6.07, 6.45) is 0. The molecule has 1 N–H and O–H groups in total. The molecule has 0 saturated carbocycles. The first-order chi connectivity index (χ1) is 0. The first-order valence-corrected chi connectivity index (χ1v) is 0. The van der Waals surface area contributed by atoms with Crippen LogP contribution >= 0.6 is 0 Å². The van der Waals surface area contributed by atoms with Gasteiger partial charge in [-0.3, -0.25) is 0 Å². The van der Waals surface area contributed by atoms with Crippen molar-refractivity contribution >= 4 is 0 Å². The Balaban J connectivity index is 0. The van der Waals surface area contributed by atoms with Crippen LogP contribution in [0.25, 0.3) is 0 Å². The van der Waals surface area contributed by atoms with Crippen LogP contribution in [0, 0.1) is 0 Å². The predicted octanol–water partition coefficient (Wildman–Crippen LogP) is -9.16. The third-order valence-corrected chi connectivity index (χ3v) is 0. The molecule has 0 saturated heterocycles. The van der Waals surface area contributed by atoms with Crippen molar-refractivity contribution in [3.05, 3.63) is 0 Å².